The molecule has 0 bridgehead atoms. The molecule has 0 fully saturated rings. The van der Waals surface area contributed by atoms with Gasteiger partial charge in [-0.2, -0.15) is 5.26 Å². The fourth-order valence-corrected chi connectivity index (χ4v) is 2.21. The average molecular weight is 270 g/mol. The van der Waals surface area contributed by atoms with Crippen LogP contribution in [-0.4, -0.2) is 19.2 Å². The maximum Gasteiger partial charge on any atom is 0.216 e. The fourth-order valence-electron chi connectivity index (χ4n) is 2.21. The van der Waals surface area contributed by atoms with Crippen LogP contribution >= 0.6 is 0 Å². The molecule has 1 unspecified atom stereocenters. The number of rotatable bonds is 4. The van der Waals surface area contributed by atoms with Crippen molar-refractivity contribution >= 4 is 10.9 Å². The molecular formula is C16H18N2O2. The number of aryl methyl sites for hydroxylation is 1. The SMILES string of the molecule is CCc1cc2c(OC)cc(C(C)C#N)cc2nc1OC. The van der Waals surface area contributed by atoms with E-state index in [1.807, 2.05) is 25.1 Å². The van der Waals surface area contributed by atoms with Gasteiger partial charge < -0.3 is 9.47 Å². The van der Waals surface area contributed by atoms with Gasteiger partial charge in [-0.25, -0.2) is 4.98 Å². The number of ether oxygens (including phenoxy) is 2. The Bertz CT molecular complexity index is 674. The van der Waals surface area contributed by atoms with E-state index < -0.39 is 0 Å². The zero-order chi connectivity index (χ0) is 14.7. The number of benzene rings is 1. The van der Waals surface area contributed by atoms with E-state index in [4.69, 9.17) is 14.7 Å². The van der Waals surface area contributed by atoms with Gasteiger partial charge in [0.05, 0.1) is 31.7 Å². The molecule has 0 saturated heterocycles. The third-order valence-corrected chi connectivity index (χ3v) is 3.45. The molecule has 20 heavy (non-hydrogen) atoms. The molecular weight excluding hydrogens is 252 g/mol. The molecule has 1 atom stereocenters. The van der Waals surface area contributed by atoms with Crippen molar-refractivity contribution < 1.29 is 9.47 Å². The Morgan fingerprint density at radius 2 is 2.00 bits per heavy atom. The molecule has 104 valence electrons. The normalized spacial score (nSPS) is 11.9. The minimum absolute atomic E-state index is 0.202. The first-order valence-corrected chi connectivity index (χ1v) is 6.59. The molecule has 0 aliphatic rings. The molecule has 2 aromatic rings. The topological polar surface area (TPSA) is 55.1 Å². The predicted octanol–water partition coefficient (Wildman–Crippen LogP) is 3.44. The molecule has 4 heteroatoms. The first-order chi connectivity index (χ1) is 9.64. The van der Waals surface area contributed by atoms with E-state index in [0.29, 0.717) is 5.88 Å². The third-order valence-electron chi connectivity index (χ3n) is 3.45. The van der Waals surface area contributed by atoms with Crippen molar-refractivity contribution in [1.82, 2.24) is 4.98 Å². The van der Waals surface area contributed by atoms with Gasteiger partial charge in [0.25, 0.3) is 0 Å². The number of hydrogen-bond acceptors (Lipinski definition) is 4. The number of nitriles is 1. The third kappa shape index (κ3) is 2.39. The Kier molecular flexibility index (Phi) is 4.09. The van der Waals surface area contributed by atoms with Crippen molar-refractivity contribution in [3.63, 3.8) is 0 Å². The quantitative estimate of drug-likeness (QED) is 0.854. The molecule has 1 aromatic carbocycles. The van der Waals surface area contributed by atoms with Crippen LogP contribution in [0.3, 0.4) is 0 Å². The minimum atomic E-state index is -0.202. The second kappa shape index (κ2) is 5.79. The van der Waals surface area contributed by atoms with Crippen LogP contribution in [-0.2, 0) is 6.42 Å². The summed E-state index contributed by atoms with van der Waals surface area (Å²) in [5.74, 6) is 1.17. The van der Waals surface area contributed by atoms with Gasteiger partial charge in [-0.1, -0.05) is 6.92 Å². The van der Waals surface area contributed by atoms with Gasteiger partial charge >= 0.3 is 0 Å². The van der Waals surface area contributed by atoms with E-state index in [1.54, 1.807) is 14.2 Å². The summed E-state index contributed by atoms with van der Waals surface area (Å²) in [4.78, 5) is 4.54. The van der Waals surface area contributed by atoms with Gasteiger partial charge in [0.2, 0.25) is 5.88 Å². The Labute approximate surface area is 119 Å². The summed E-state index contributed by atoms with van der Waals surface area (Å²) in [6.07, 6.45) is 0.839. The molecule has 0 N–H and O–H groups in total. The highest BCUT2D eigenvalue weighted by Gasteiger charge is 2.13. The number of hydrogen-bond donors (Lipinski definition) is 0. The van der Waals surface area contributed by atoms with Crippen molar-refractivity contribution in [3.05, 3.63) is 29.3 Å². The van der Waals surface area contributed by atoms with Gasteiger partial charge in [0.15, 0.2) is 0 Å². The number of pyridine rings is 1. The summed E-state index contributed by atoms with van der Waals surface area (Å²) < 4.78 is 10.8. The average Bonchev–Trinajstić information content (AvgIpc) is 2.51. The van der Waals surface area contributed by atoms with Crippen molar-refractivity contribution in [2.75, 3.05) is 14.2 Å². The van der Waals surface area contributed by atoms with Gasteiger partial charge in [-0.3, -0.25) is 0 Å². The second-order valence-corrected chi connectivity index (χ2v) is 4.65. The molecule has 4 nitrogen and oxygen atoms in total. The number of fused-ring (bicyclic) bond motifs is 1. The smallest absolute Gasteiger partial charge is 0.216 e. The van der Waals surface area contributed by atoms with Crippen molar-refractivity contribution in [1.29, 1.82) is 5.26 Å². The lowest BCUT2D eigenvalue weighted by Crippen LogP contribution is -1.98. The molecule has 1 aromatic heterocycles. The molecule has 0 spiro atoms. The minimum Gasteiger partial charge on any atom is -0.496 e. The van der Waals surface area contributed by atoms with Crippen LogP contribution in [0.5, 0.6) is 11.6 Å². The Morgan fingerprint density at radius 1 is 1.25 bits per heavy atom. The van der Waals surface area contributed by atoms with E-state index in [-0.39, 0.29) is 5.92 Å². The predicted molar refractivity (Wildman–Crippen MR) is 78.3 cm³/mol. The first-order valence-electron chi connectivity index (χ1n) is 6.59. The Balaban J connectivity index is 2.74. The highest BCUT2D eigenvalue weighted by molar-refractivity contribution is 5.87. The summed E-state index contributed by atoms with van der Waals surface area (Å²) in [6.45, 7) is 3.92. The monoisotopic (exact) mass is 270 g/mol. The lowest BCUT2D eigenvalue weighted by molar-refractivity contribution is 0.394. The maximum absolute atomic E-state index is 9.07. The van der Waals surface area contributed by atoms with Crippen molar-refractivity contribution in [2.45, 2.75) is 26.2 Å². The molecule has 0 amide bonds. The van der Waals surface area contributed by atoms with Crippen LogP contribution < -0.4 is 9.47 Å². The lowest BCUT2D eigenvalue weighted by Gasteiger charge is -2.13. The lowest BCUT2D eigenvalue weighted by atomic mass is 9.99. The highest BCUT2D eigenvalue weighted by Crippen LogP contribution is 2.33. The molecule has 2 rings (SSSR count). The van der Waals surface area contributed by atoms with Crippen LogP contribution in [0.4, 0.5) is 0 Å². The van der Waals surface area contributed by atoms with E-state index in [9.17, 15) is 0 Å². The van der Waals surface area contributed by atoms with Gasteiger partial charge in [0, 0.05) is 10.9 Å². The maximum atomic E-state index is 9.07. The van der Waals surface area contributed by atoms with E-state index in [1.165, 1.54) is 0 Å². The van der Waals surface area contributed by atoms with E-state index >= 15 is 0 Å². The summed E-state index contributed by atoms with van der Waals surface area (Å²) in [6, 6.07) is 8.11. The Hall–Kier alpha value is -2.28. The zero-order valence-electron chi connectivity index (χ0n) is 12.2. The summed E-state index contributed by atoms with van der Waals surface area (Å²) in [5.41, 5.74) is 2.73. The number of nitrogens with zero attached hydrogens (tertiary/aromatic N) is 2. The molecule has 1 heterocycles. The van der Waals surface area contributed by atoms with Crippen LogP contribution in [0.25, 0.3) is 10.9 Å². The summed E-state index contributed by atoms with van der Waals surface area (Å²) >= 11 is 0. The highest BCUT2D eigenvalue weighted by atomic mass is 16.5. The van der Waals surface area contributed by atoms with Gasteiger partial charge in [-0.15, -0.1) is 0 Å². The van der Waals surface area contributed by atoms with Gasteiger partial charge in [0.1, 0.15) is 5.75 Å². The van der Waals surface area contributed by atoms with E-state index in [2.05, 4.69) is 18.0 Å². The fraction of sp³-hybridized carbons (Fsp3) is 0.375. The standard InChI is InChI=1S/C16H18N2O2/c1-5-11-6-13-14(18-16(11)20-4)7-12(10(2)9-17)8-15(13)19-3/h6-8,10H,5H2,1-4H3. The first kappa shape index (κ1) is 14.1. The van der Waals surface area contributed by atoms with E-state index in [0.717, 1.165) is 34.2 Å². The number of methoxy groups -OCH3 is 2. The van der Waals surface area contributed by atoms with Crippen LogP contribution in [0.15, 0.2) is 18.2 Å². The Morgan fingerprint density at radius 3 is 2.55 bits per heavy atom. The molecule has 0 aliphatic heterocycles. The summed E-state index contributed by atoms with van der Waals surface area (Å²) in [5, 5.41) is 10.0. The largest absolute Gasteiger partial charge is 0.496 e. The van der Waals surface area contributed by atoms with Gasteiger partial charge in [-0.05, 0) is 37.1 Å². The van der Waals surface area contributed by atoms with Crippen LogP contribution in [0.1, 0.15) is 30.9 Å². The number of aromatic nitrogens is 1. The van der Waals surface area contributed by atoms with Crippen molar-refractivity contribution in [2.24, 2.45) is 0 Å². The van der Waals surface area contributed by atoms with Crippen LogP contribution in [0, 0.1) is 11.3 Å². The molecule has 0 radical (unpaired) electrons. The van der Waals surface area contributed by atoms with Crippen LogP contribution in [0.2, 0.25) is 0 Å². The molecule has 0 saturated carbocycles. The second-order valence-electron chi connectivity index (χ2n) is 4.65. The zero-order valence-corrected chi connectivity index (χ0v) is 12.2. The van der Waals surface area contributed by atoms with Crippen molar-refractivity contribution in [3.8, 4) is 17.7 Å². The summed E-state index contributed by atoms with van der Waals surface area (Å²) in [7, 11) is 3.25. The molecule has 0 aliphatic carbocycles.